The number of hydrogen-bond acceptors (Lipinski definition) is 6. The van der Waals surface area contributed by atoms with Crippen molar-refractivity contribution in [1.29, 1.82) is 0 Å². The van der Waals surface area contributed by atoms with Crippen LogP contribution in [0.5, 0.6) is 0 Å². The predicted molar refractivity (Wildman–Crippen MR) is 86.2 cm³/mol. The maximum Gasteiger partial charge on any atom is 0.411 e. The number of morpholine rings is 1. The smallest absolute Gasteiger partial charge is 0.411 e. The van der Waals surface area contributed by atoms with Crippen molar-refractivity contribution in [3.8, 4) is 11.5 Å². The quantitative estimate of drug-likeness (QED) is 0.842. The molecule has 24 heavy (non-hydrogen) atoms. The third-order valence-corrected chi connectivity index (χ3v) is 3.50. The van der Waals surface area contributed by atoms with Crippen LogP contribution in [0.2, 0.25) is 0 Å². The Balaban J connectivity index is 1.81. The van der Waals surface area contributed by atoms with Crippen molar-refractivity contribution in [3.63, 3.8) is 0 Å². The first-order chi connectivity index (χ1) is 11.4. The minimum Gasteiger partial charge on any atom is -0.444 e. The summed E-state index contributed by atoms with van der Waals surface area (Å²) in [6, 6.07) is 9.05. The molecule has 0 radical (unpaired) electrons. The highest BCUT2D eigenvalue weighted by Crippen LogP contribution is 2.27. The lowest BCUT2D eigenvalue weighted by atomic mass is 10.2. The van der Waals surface area contributed by atoms with E-state index in [9.17, 15) is 4.79 Å². The third kappa shape index (κ3) is 3.73. The second-order valence-corrected chi connectivity index (χ2v) is 6.58. The fourth-order valence-corrected chi connectivity index (χ4v) is 2.41. The van der Waals surface area contributed by atoms with Gasteiger partial charge in [-0.2, -0.15) is 0 Å². The Bertz CT molecular complexity index is 693. The van der Waals surface area contributed by atoms with Gasteiger partial charge in [-0.15, -0.1) is 10.2 Å². The molecule has 7 nitrogen and oxygen atoms in total. The van der Waals surface area contributed by atoms with E-state index in [0.29, 0.717) is 31.5 Å². The number of carbonyl (C=O) groups is 1. The molecular formula is C17H21N3O4. The minimum absolute atomic E-state index is 0.301. The molecule has 0 bridgehead atoms. The summed E-state index contributed by atoms with van der Waals surface area (Å²) in [5, 5.41) is 8.18. The van der Waals surface area contributed by atoms with Gasteiger partial charge in [-0.3, -0.25) is 4.90 Å². The number of carbonyl (C=O) groups excluding carboxylic acids is 1. The average molecular weight is 331 g/mol. The SMILES string of the molecule is CC(C)(C)OC(=O)N1CCOC[C@H]1c1nnc(-c2ccccc2)o1. The molecule has 0 N–H and O–H groups in total. The molecule has 0 aliphatic carbocycles. The van der Waals surface area contributed by atoms with Crippen LogP contribution in [0.25, 0.3) is 11.5 Å². The molecule has 1 amide bonds. The lowest BCUT2D eigenvalue weighted by Gasteiger charge is -2.34. The monoisotopic (exact) mass is 331 g/mol. The van der Waals surface area contributed by atoms with Gasteiger partial charge in [0.15, 0.2) is 0 Å². The van der Waals surface area contributed by atoms with Gasteiger partial charge in [-0.1, -0.05) is 18.2 Å². The number of benzene rings is 1. The van der Waals surface area contributed by atoms with Crippen LogP contribution in [0.3, 0.4) is 0 Å². The third-order valence-electron chi connectivity index (χ3n) is 3.50. The molecule has 2 aromatic rings. The number of ether oxygens (including phenoxy) is 2. The Hall–Kier alpha value is -2.41. The molecule has 7 heteroatoms. The standard InChI is InChI=1S/C17H21N3O4/c1-17(2,3)24-16(21)20-9-10-22-11-13(20)15-19-18-14(23-15)12-7-5-4-6-8-12/h4-8,13H,9-11H2,1-3H3/t13-/m0/s1. The van der Waals surface area contributed by atoms with Gasteiger partial charge in [0.05, 0.1) is 13.2 Å². The molecule has 0 unspecified atom stereocenters. The van der Waals surface area contributed by atoms with E-state index in [1.54, 1.807) is 4.90 Å². The van der Waals surface area contributed by atoms with Crippen LogP contribution in [-0.4, -0.2) is 46.6 Å². The molecule has 0 saturated carbocycles. The summed E-state index contributed by atoms with van der Waals surface area (Å²) in [6.45, 7) is 6.68. The van der Waals surface area contributed by atoms with Gasteiger partial charge in [-0.25, -0.2) is 4.79 Å². The fraction of sp³-hybridized carbons (Fsp3) is 0.471. The number of hydrogen-bond donors (Lipinski definition) is 0. The highest BCUT2D eigenvalue weighted by atomic mass is 16.6. The van der Waals surface area contributed by atoms with E-state index in [0.717, 1.165) is 5.56 Å². The second-order valence-electron chi connectivity index (χ2n) is 6.58. The number of aromatic nitrogens is 2. The number of nitrogens with zero attached hydrogens (tertiary/aromatic N) is 3. The summed E-state index contributed by atoms with van der Waals surface area (Å²) in [7, 11) is 0. The molecule has 0 spiro atoms. The van der Waals surface area contributed by atoms with Crippen LogP contribution < -0.4 is 0 Å². The van der Waals surface area contributed by atoms with Gasteiger partial charge in [0, 0.05) is 12.1 Å². The Kier molecular flexibility index (Phi) is 4.53. The van der Waals surface area contributed by atoms with Gasteiger partial charge < -0.3 is 13.9 Å². The predicted octanol–water partition coefficient (Wildman–Crippen LogP) is 3.05. The number of amides is 1. The summed E-state index contributed by atoms with van der Waals surface area (Å²) in [6.07, 6.45) is -0.407. The van der Waals surface area contributed by atoms with Crippen LogP contribution in [0.4, 0.5) is 4.79 Å². The van der Waals surface area contributed by atoms with E-state index in [1.165, 1.54) is 0 Å². The molecule has 1 atom stereocenters. The van der Waals surface area contributed by atoms with Crippen LogP contribution in [-0.2, 0) is 9.47 Å². The van der Waals surface area contributed by atoms with Gasteiger partial charge in [0.1, 0.15) is 11.6 Å². The zero-order valence-electron chi connectivity index (χ0n) is 14.1. The summed E-state index contributed by atoms with van der Waals surface area (Å²) in [4.78, 5) is 14.0. The molecular weight excluding hydrogens is 310 g/mol. The first kappa shape index (κ1) is 16.4. The summed E-state index contributed by atoms with van der Waals surface area (Å²) in [5.41, 5.74) is 0.265. The molecule has 1 aliphatic rings. The maximum absolute atomic E-state index is 12.4. The zero-order chi connectivity index (χ0) is 17.2. The van der Waals surface area contributed by atoms with Crippen molar-refractivity contribution in [2.45, 2.75) is 32.4 Å². The first-order valence-electron chi connectivity index (χ1n) is 7.90. The van der Waals surface area contributed by atoms with Gasteiger partial charge in [0.2, 0.25) is 11.8 Å². The highest BCUT2D eigenvalue weighted by Gasteiger charge is 2.35. The lowest BCUT2D eigenvalue weighted by Crippen LogP contribution is -2.45. The van der Waals surface area contributed by atoms with E-state index < -0.39 is 17.7 Å². The fourth-order valence-electron chi connectivity index (χ4n) is 2.41. The number of rotatable bonds is 2. The van der Waals surface area contributed by atoms with Crippen molar-refractivity contribution >= 4 is 6.09 Å². The van der Waals surface area contributed by atoms with Crippen LogP contribution in [0, 0.1) is 0 Å². The molecule has 2 heterocycles. The van der Waals surface area contributed by atoms with Crippen molar-refractivity contribution in [1.82, 2.24) is 15.1 Å². The normalized spacial score (nSPS) is 18.5. The largest absolute Gasteiger partial charge is 0.444 e. The van der Waals surface area contributed by atoms with Crippen LogP contribution in [0.1, 0.15) is 32.7 Å². The van der Waals surface area contributed by atoms with Crippen molar-refractivity contribution in [3.05, 3.63) is 36.2 Å². The van der Waals surface area contributed by atoms with Gasteiger partial charge in [-0.05, 0) is 32.9 Å². The molecule has 1 aromatic carbocycles. The molecule has 1 saturated heterocycles. The molecule has 3 rings (SSSR count). The van der Waals surface area contributed by atoms with E-state index >= 15 is 0 Å². The van der Waals surface area contributed by atoms with Crippen molar-refractivity contribution < 1.29 is 18.7 Å². The summed E-state index contributed by atoms with van der Waals surface area (Å²) < 4.78 is 16.7. The van der Waals surface area contributed by atoms with E-state index in [2.05, 4.69) is 10.2 Å². The molecule has 1 aromatic heterocycles. The van der Waals surface area contributed by atoms with Crippen LogP contribution >= 0.6 is 0 Å². The zero-order valence-corrected chi connectivity index (χ0v) is 14.1. The summed E-state index contributed by atoms with van der Waals surface area (Å²) >= 11 is 0. The molecule has 1 aliphatic heterocycles. The lowest BCUT2D eigenvalue weighted by molar-refractivity contribution is -0.0389. The van der Waals surface area contributed by atoms with Crippen LogP contribution in [0.15, 0.2) is 34.7 Å². The Morgan fingerprint density at radius 2 is 2.00 bits per heavy atom. The van der Waals surface area contributed by atoms with Crippen molar-refractivity contribution in [2.75, 3.05) is 19.8 Å². The van der Waals surface area contributed by atoms with Crippen molar-refractivity contribution in [2.24, 2.45) is 0 Å². The first-order valence-corrected chi connectivity index (χ1v) is 7.90. The van der Waals surface area contributed by atoms with Gasteiger partial charge in [0.25, 0.3) is 0 Å². The second kappa shape index (κ2) is 6.60. The highest BCUT2D eigenvalue weighted by molar-refractivity contribution is 5.68. The van der Waals surface area contributed by atoms with E-state index in [1.807, 2.05) is 51.1 Å². The average Bonchev–Trinajstić information content (AvgIpc) is 3.04. The Morgan fingerprint density at radius 1 is 1.25 bits per heavy atom. The van der Waals surface area contributed by atoms with Gasteiger partial charge >= 0.3 is 6.09 Å². The summed E-state index contributed by atoms with van der Waals surface area (Å²) in [5.74, 6) is 0.764. The van der Waals surface area contributed by atoms with E-state index in [4.69, 9.17) is 13.9 Å². The topological polar surface area (TPSA) is 77.7 Å². The Labute approximate surface area is 140 Å². The minimum atomic E-state index is -0.565. The molecule has 1 fully saturated rings. The van der Waals surface area contributed by atoms with E-state index in [-0.39, 0.29) is 0 Å². The molecule has 128 valence electrons. The Morgan fingerprint density at radius 3 is 2.71 bits per heavy atom. The maximum atomic E-state index is 12.4.